The summed E-state index contributed by atoms with van der Waals surface area (Å²) < 4.78 is 0. The van der Waals surface area contributed by atoms with E-state index >= 15 is 0 Å². The molecule has 0 aromatic heterocycles. The third-order valence-electron chi connectivity index (χ3n) is 5.58. The predicted octanol–water partition coefficient (Wildman–Crippen LogP) is 3.51. The van der Waals surface area contributed by atoms with Gasteiger partial charge in [0.2, 0.25) is 5.91 Å². The Balaban J connectivity index is 1.49. The Hall–Kier alpha value is -2.84. The number of nitrogens with one attached hydrogen (secondary N) is 1. The average molecular weight is 391 g/mol. The van der Waals surface area contributed by atoms with E-state index in [0.717, 1.165) is 50.3 Å². The van der Waals surface area contributed by atoms with Crippen LogP contribution in [0.15, 0.2) is 48.5 Å². The first-order chi connectivity index (χ1) is 14.1. The summed E-state index contributed by atoms with van der Waals surface area (Å²) in [6.07, 6.45) is 2.04. The number of nitriles is 1. The van der Waals surface area contributed by atoms with Crippen LogP contribution in [0.3, 0.4) is 0 Å². The maximum atomic E-state index is 12.6. The molecule has 0 saturated carbocycles. The van der Waals surface area contributed by atoms with Crippen LogP contribution in [0.2, 0.25) is 0 Å². The Labute approximate surface area is 173 Å². The quantitative estimate of drug-likeness (QED) is 0.820. The predicted molar refractivity (Wildman–Crippen MR) is 117 cm³/mol. The van der Waals surface area contributed by atoms with E-state index in [1.165, 1.54) is 5.56 Å². The fourth-order valence-electron chi connectivity index (χ4n) is 3.75. The molecule has 1 aliphatic rings. The van der Waals surface area contributed by atoms with Crippen molar-refractivity contribution in [1.29, 1.82) is 5.26 Å². The molecule has 152 valence electrons. The molecule has 0 aliphatic carbocycles. The number of rotatable bonds is 6. The second-order valence-corrected chi connectivity index (χ2v) is 7.66. The Morgan fingerprint density at radius 2 is 1.79 bits per heavy atom. The van der Waals surface area contributed by atoms with Crippen LogP contribution < -0.4 is 10.2 Å². The molecule has 1 heterocycles. The molecule has 1 aliphatic heterocycles. The van der Waals surface area contributed by atoms with Crippen LogP contribution >= 0.6 is 0 Å². The zero-order valence-corrected chi connectivity index (χ0v) is 17.4. The van der Waals surface area contributed by atoms with Gasteiger partial charge in [0.25, 0.3) is 0 Å². The van der Waals surface area contributed by atoms with E-state index in [1.54, 1.807) is 0 Å². The molecule has 1 amide bonds. The van der Waals surface area contributed by atoms with E-state index < -0.39 is 0 Å². The summed E-state index contributed by atoms with van der Waals surface area (Å²) in [5.74, 6) is 0.0730. The Kier molecular flexibility index (Phi) is 7.26. The number of amides is 1. The lowest BCUT2D eigenvalue weighted by Crippen LogP contribution is -2.40. The lowest BCUT2D eigenvalue weighted by atomic mass is 10.1. The summed E-state index contributed by atoms with van der Waals surface area (Å²) in [5.41, 5.74) is 4.27. The first-order valence-corrected chi connectivity index (χ1v) is 10.4. The molecule has 0 radical (unpaired) electrons. The normalized spacial score (nSPS) is 16.0. The topological polar surface area (TPSA) is 59.4 Å². The zero-order chi connectivity index (χ0) is 20.6. The molecule has 1 N–H and O–H groups in total. The Morgan fingerprint density at radius 1 is 1.07 bits per heavy atom. The highest BCUT2D eigenvalue weighted by molar-refractivity contribution is 5.78. The van der Waals surface area contributed by atoms with E-state index in [4.69, 9.17) is 5.26 Å². The molecule has 1 atom stereocenters. The van der Waals surface area contributed by atoms with Gasteiger partial charge in [-0.2, -0.15) is 5.26 Å². The number of carbonyl (C=O) groups is 1. The van der Waals surface area contributed by atoms with Crippen LogP contribution in [0.4, 0.5) is 5.69 Å². The third kappa shape index (κ3) is 5.82. The minimum Gasteiger partial charge on any atom is -0.370 e. The number of nitrogens with zero attached hydrogens (tertiary/aromatic N) is 3. The highest BCUT2D eigenvalue weighted by Gasteiger charge is 2.18. The summed E-state index contributed by atoms with van der Waals surface area (Å²) in [7, 11) is 0. The number of anilines is 1. The molecule has 3 rings (SSSR count). The number of hydrogen-bond donors (Lipinski definition) is 1. The van der Waals surface area contributed by atoms with Crippen LogP contribution in [0.1, 0.15) is 43.0 Å². The smallest absolute Gasteiger partial charge is 0.234 e. The van der Waals surface area contributed by atoms with Crippen molar-refractivity contribution in [3.05, 3.63) is 65.2 Å². The van der Waals surface area contributed by atoms with Crippen LogP contribution in [0.5, 0.6) is 0 Å². The number of carbonyl (C=O) groups excluding carboxylic acids is 1. The monoisotopic (exact) mass is 390 g/mol. The van der Waals surface area contributed by atoms with Gasteiger partial charge in [0, 0.05) is 31.9 Å². The van der Waals surface area contributed by atoms with Crippen molar-refractivity contribution < 1.29 is 4.79 Å². The highest BCUT2D eigenvalue weighted by atomic mass is 16.2. The van der Waals surface area contributed by atoms with E-state index in [-0.39, 0.29) is 11.9 Å². The summed E-state index contributed by atoms with van der Waals surface area (Å²) in [4.78, 5) is 17.1. The molecule has 0 bridgehead atoms. The number of aryl methyl sites for hydroxylation is 1. The van der Waals surface area contributed by atoms with Gasteiger partial charge in [-0.1, -0.05) is 31.2 Å². The van der Waals surface area contributed by atoms with Crippen LogP contribution in [-0.4, -0.2) is 43.5 Å². The number of hydrogen-bond acceptors (Lipinski definition) is 4. The molecule has 1 saturated heterocycles. The molecule has 2 aromatic rings. The molecule has 5 heteroatoms. The molecule has 2 aromatic carbocycles. The third-order valence-corrected chi connectivity index (χ3v) is 5.58. The van der Waals surface area contributed by atoms with Crippen LogP contribution in [0, 0.1) is 11.3 Å². The molecule has 1 fully saturated rings. The van der Waals surface area contributed by atoms with Crippen molar-refractivity contribution in [2.24, 2.45) is 0 Å². The first-order valence-electron chi connectivity index (χ1n) is 10.4. The van der Waals surface area contributed by atoms with Crippen molar-refractivity contribution >= 4 is 11.6 Å². The van der Waals surface area contributed by atoms with E-state index in [2.05, 4.69) is 52.4 Å². The molecule has 29 heavy (non-hydrogen) atoms. The lowest BCUT2D eigenvalue weighted by Gasteiger charge is -2.24. The van der Waals surface area contributed by atoms with E-state index in [9.17, 15) is 4.79 Å². The highest BCUT2D eigenvalue weighted by Crippen LogP contribution is 2.18. The lowest BCUT2D eigenvalue weighted by molar-refractivity contribution is -0.122. The fourth-order valence-corrected chi connectivity index (χ4v) is 3.75. The van der Waals surface area contributed by atoms with Gasteiger partial charge in [0.15, 0.2) is 0 Å². The molecular weight excluding hydrogens is 360 g/mol. The molecule has 1 unspecified atom stereocenters. The summed E-state index contributed by atoms with van der Waals surface area (Å²) >= 11 is 0. The summed E-state index contributed by atoms with van der Waals surface area (Å²) in [5, 5.41) is 12.1. The van der Waals surface area contributed by atoms with Gasteiger partial charge >= 0.3 is 0 Å². The minimum absolute atomic E-state index is 0.00975. The second kappa shape index (κ2) is 10.1. The Bertz CT molecular complexity index is 839. The maximum absolute atomic E-state index is 12.6. The molecule has 0 spiro atoms. The minimum atomic E-state index is 0.00975. The van der Waals surface area contributed by atoms with Crippen LogP contribution in [-0.2, 0) is 11.2 Å². The van der Waals surface area contributed by atoms with Crippen molar-refractivity contribution in [2.75, 3.05) is 37.6 Å². The van der Waals surface area contributed by atoms with Gasteiger partial charge in [-0.05, 0) is 55.2 Å². The van der Waals surface area contributed by atoms with Crippen molar-refractivity contribution in [3.63, 3.8) is 0 Å². The second-order valence-electron chi connectivity index (χ2n) is 7.66. The molecular formula is C24H30N4O. The Morgan fingerprint density at radius 3 is 2.45 bits per heavy atom. The van der Waals surface area contributed by atoms with Gasteiger partial charge in [0.05, 0.1) is 24.2 Å². The van der Waals surface area contributed by atoms with Crippen molar-refractivity contribution in [2.45, 2.75) is 32.7 Å². The number of benzene rings is 2. The largest absolute Gasteiger partial charge is 0.370 e. The standard InChI is InChI=1S/C24H30N4O/c1-3-20-5-9-22(10-6-20)19(2)26-24(29)18-27-13-4-14-28(16-15-27)23-11-7-21(17-25)8-12-23/h5-12,19H,3-4,13-16,18H2,1-2H3,(H,26,29). The summed E-state index contributed by atoms with van der Waals surface area (Å²) in [6, 6.07) is 18.4. The van der Waals surface area contributed by atoms with Crippen LogP contribution in [0.25, 0.3) is 0 Å². The fraction of sp³-hybridized carbons (Fsp3) is 0.417. The maximum Gasteiger partial charge on any atom is 0.234 e. The van der Waals surface area contributed by atoms with Gasteiger partial charge in [-0.15, -0.1) is 0 Å². The van der Waals surface area contributed by atoms with E-state index in [0.29, 0.717) is 12.1 Å². The van der Waals surface area contributed by atoms with Gasteiger partial charge in [0.1, 0.15) is 0 Å². The SMILES string of the molecule is CCc1ccc(C(C)NC(=O)CN2CCCN(c3ccc(C#N)cc3)CC2)cc1. The van der Waals surface area contributed by atoms with Crippen molar-refractivity contribution in [3.8, 4) is 6.07 Å². The zero-order valence-electron chi connectivity index (χ0n) is 17.4. The molecule has 5 nitrogen and oxygen atoms in total. The van der Waals surface area contributed by atoms with Gasteiger partial charge in [-0.3, -0.25) is 9.69 Å². The summed E-state index contributed by atoms with van der Waals surface area (Å²) in [6.45, 7) is 8.22. The first kappa shape index (κ1) is 20.9. The van der Waals surface area contributed by atoms with E-state index in [1.807, 2.05) is 31.2 Å². The van der Waals surface area contributed by atoms with Gasteiger partial charge < -0.3 is 10.2 Å². The van der Waals surface area contributed by atoms with Gasteiger partial charge in [-0.25, -0.2) is 0 Å². The van der Waals surface area contributed by atoms with Crippen molar-refractivity contribution in [1.82, 2.24) is 10.2 Å². The average Bonchev–Trinajstić information content (AvgIpc) is 2.99.